The van der Waals surface area contributed by atoms with Gasteiger partial charge in [0.25, 0.3) is 5.91 Å². The standard InChI is InChI=1S/C16H7Cl5N2O2/c17-8-2-1-7(3-9(8)18)16-23-14(6-25-16)15(24)22-13-5-11(20)10(19)4-12(13)21/h1-6H,(H,22,24). The number of amides is 1. The van der Waals surface area contributed by atoms with Crippen LogP contribution in [0.4, 0.5) is 5.69 Å². The summed E-state index contributed by atoms with van der Waals surface area (Å²) in [5, 5.41) is 4.15. The highest BCUT2D eigenvalue weighted by atomic mass is 35.5. The van der Waals surface area contributed by atoms with Crippen LogP contribution in [0, 0.1) is 0 Å². The molecule has 0 radical (unpaired) electrons. The third kappa shape index (κ3) is 4.05. The summed E-state index contributed by atoms with van der Waals surface area (Å²) in [4.78, 5) is 16.4. The summed E-state index contributed by atoms with van der Waals surface area (Å²) in [5.74, 6) is -0.292. The van der Waals surface area contributed by atoms with E-state index in [1.165, 1.54) is 18.4 Å². The quantitative estimate of drug-likeness (QED) is 0.456. The number of benzene rings is 2. The van der Waals surface area contributed by atoms with Crippen LogP contribution >= 0.6 is 58.0 Å². The lowest BCUT2D eigenvalue weighted by Gasteiger charge is -2.07. The second kappa shape index (κ2) is 7.44. The SMILES string of the molecule is O=C(Nc1cc(Cl)c(Cl)cc1Cl)c1coc(-c2ccc(Cl)c(Cl)c2)n1. The molecule has 1 N–H and O–H groups in total. The van der Waals surface area contributed by atoms with E-state index in [0.29, 0.717) is 21.3 Å². The topological polar surface area (TPSA) is 55.1 Å². The van der Waals surface area contributed by atoms with Gasteiger partial charge in [0.05, 0.1) is 30.8 Å². The number of aromatic nitrogens is 1. The number of anilines is 1. The molecule has 1 amide bonds. The number of hydrogen-bond acceptors (Lipinski definition) is 3. The Morgan fingerprint density at radius 2 is 1.56 bits per heavy atom. The Morgan fingerprint density at radius 3 is 2.28 bits per heavy atom. The summed E-state index contributed by atoms with van der Waals surface area (Å²) in [5.41, 5.74) is 0.949. The van der Waals surface area contributed by atoms with Gasteiger partial charge in [0.1, 0.15) is 6.26 Å². The predicted molar refractivity (Wildman–Crippen MR) is 101 cm³/mol. The molecule has 0 unspecified atom stereocenters. The largest absolute Gasteiger partial charge is 0.444 e. The molecule has 25 heavy (non-hydrogen) atoms. The van der Waals surface area contributed by atoms with Crippen molar-refractivity contribution in [3.63, 3.8) is 0 Å². The lowest BCUT2D eigenvalue weighted by atomic mass is 10.2. The molecule has 9 heteroatoms. The molecule has 0 saturated carbocycles. The molecule has 1 aromatic heterocycles. The van der Waals surface area contributed by atoms with Crippen molar-refractivity contribution in [1.29, 1.82) is 0 Å². The predicted octanol–water partition coefficient (Wildman–Crippen LogP) is 6.86. The Kier molecular flexibility index (Phi) is 5.46. The molecule has 128 valence electrons. The van der Waals surface area contributed by atoms with Crippen LogP contribution in [0.3, 0.4) is 0 Å². The van der Waals surface area contributed by atoms with Crippen LogP contribution in [0.2, 0.25) is 25.1 Å². The molecule has 3 aromatic rings. The molecule has 1 heterocycles. The van der Waals surface area contributed by atoms with Gasteiger partial charge in [0.2, 0.25) is 5.89 Å². The maximum absolute atomic E-state index is 12.3. The number of carbonyl (C=O) groups excluding carboxylic acids is 1. The van der Waals surface area contributed by atoms with Crippen molar-refractivity contribution in [2.45, 2.75) is 0 Å². The van der Waals surface area contributed by atoms with Crippen LogP contribution in [0.15, 0.2) is 41.0 Å². The van der Waals surface area contributed by atoms with E-state index >= 15 is 0 Å². The second-order valence-corrected chi connectivity index (χ2v) is 6.90. The molecule has 0 atom stereocenters. The number of hydrogen-bond donors (Lipinski definition) is 1. The van der Waals surface area contributed by atoms with Crippen molar-refractivity contribution >= 4 is 69.6 Å². The maximum Gasteiger partial charge on any atom is 0.277 e. The summed E-state index contributed by atoms with van der Waals surface area (Å²) in [7, 11) is 0. The van der Waals surface area contributed by atoms with E-state index in [-0.39, 0.29) is 26.7 Å². The smallest absolute Gasteiger partial charge is 0.277 e. The first kappa shape index (κ1) is 18.4. The molecular formula is C16H7Cl5N2O2. The third-order valence-electron chi connectivity index (χ3n) is 3.16. The van der Waals surface area contributed by atoms with Gasteiger partial charge < -0.3 is 9.73 Å². The molecule has 3 rings (SSSR count). The van der Waals surface area contributed by atoms with Gasteiger partial charge in [0, 0.05) is 5.56 Å². The van der Waals surface area contributed by atoms with Crippen molar-refractivity contribution in [3.8, 4) is 11.5 Å². The van der Waals surface area contributed by atoms with E-state index in [4.69, 9.17) is 62.4 Å². The van der Waals surface area contributed by atoms with Gasteiger partial charge in [-0.15, -0.1) is 0 Å². The normalized spacial score (nSPS) is 10.8. The Hall–Kier alpha value is -1.43. The van der Waals surface area contributed by atoms with Gasteiger partial charge in [-0.3, -0.25) is 4.79 Å². The summed E-state index contributed by atoms with van der Waals surface area (Å²) >= 11 is 29.7. The van der Waals surface area contributed by atoms with Crippen LogP contribution in [0.1, 0.15) is 10.5 Å². The van der Waals surface area contributed by atoms with Crippen molar-refractivity contribution in [2.75, 3.05) is 5.32 Å². The van der Waals surface area contributed by atoms with Gasteiger partial charge in [-0.25, -0.2) is 4.98 Å². The monoisotopic (exact) mass is 434 g/mol. The highest BCUT2D eigenvalue weighted by Crippen LogP contribution is 2.33. The minimum Gasteiger partial charge on any atom is -0.444 e. The summed E-state index contributed by atoms with van der Waals surface area (Å²) in [6, 6.07) is 7.76. The molecule has 4 nitrogen and oxygen atoms in total. The molecule has 0 spiro atoms. The Bertz CT molecular complexity index is 971. The lowest BCUT2D eigenvalue weighted by molar-refractivity contribution is 0.102. The average molecular weight is 437 g/mol. The molecule has 0 aliphatic heterocycles. The van der Waals surface area contributed by atoms with Gasteiger partial charge in [-0.05, 0) is 30.3 Å². The molecular weight excluding hydrogens is 429 g/mol. The van der Waals surface area contributed by atoms with E-state index in [1.807, 2.05) is 0 Å². The second-order valence-electron chi connectivity index (χ2n) is 4.87. The number of halogens is 5. The first-order chi connectivity index (χ1) is 11.8. The van der Waals surface area contributed by atoms with E-state index in [0.717, 1.165) is 0 Å². The zero-order chi connectivity index (χ0) is 18.1. The minimum absolute atomic E-state index is 0.0585. The van der Waals surface area contributed by atoms with Gasteiger partial charge in [-0.2, -0.15) is 0 Å². The van der Waals surface area contributed by atoms with Crippen molar-refractivity contribution in [1.82, 2.24) is 4.98 Å². The van der Waals surface area contributed by atoms with Gasteiger partial charge >= 0.3 is 0 Å². The Labute approximate surface area is 167 Å². The van der Waals surface area contributed by atoms with Crippen LogP contribution in [-0.2, 0) is 0 Å². The van der Waals surface area contributed by atoms with Crippen LogP contribution in [-0.4, -0.2) is 10.9 Å². The maximum atomic E-state index is 12.3. The van der Waals surface area contributed by atoms with Crippen molar-refractivity contribution in [2.24, 2.45) is 0 Å². The Balaban J connectivity index is 1.83. The minimum atomic E-state index is -0.518. The van der Waals surface area contributed by atoms with Gasteiger partial charge in [0.15, 0.2) is 5.69 Å². The third-order valence-corrected chi connectivity index (χ3v) is 4.94. The molecule has 0 aliphatic carbocycles. The number of oxazole rings is 1. The lowest BCUT2D eigenvalue weighted by Crippen LogP contribution is -2.12. The Morgan fingerprint density at radius 1 is 0.880 bits per heavy atom. The van der Waals surface area contributed by atoms with Crippen LogP contribution in [0.25, 0.3) is 11.5 Å². The number of carbonyl (C=O) groups is 1. The van der Waals surface area contributed by atoms with E-state index in [1.54, 1.807) is 18.2 Å². The van der Waals surface area contributed by atoms with Crippen molar-refractivity contribution < 1.29 is 9.21 Å². The summed E-state index contributed by atoms with van der Waals surface area (Å²) < 4.78 is 5.32. The molecule has 0 bridgehead atoms. The number of rotatable bonds is 3. The van der Waals surface area contributed by atoms with Crippen molar-refractivity contribution in [3.05, 3.63) is 67.4 Å². The fourth-order valence-electron chi connectivity index (χ4n) is 1.94. The number of nitrogens with one attached hydrogen (secondary N) is 1. The van der Waals surface area contributed by atoms with Crippen LogP contribution < -0.4 is 5.32 Å². The first-order valence-electron chi connectivity index (χ1n) is 6.72. The number of nitrogens with zero attached hydrogens (tertiary/aromatic N) is 1. The van der Waals surface area contributed by atoms with Gasteiger partial charge in [-0.1, -0.05) is 58.0 Å². The zero-order valence-electron chi connectivity index (χ0n) is 12.1. The molecule has 0 fully saturated rings. The van der Waals surface area contributed by atoms with Crippen LogP contribution in [0.5, 0.6) is 0 Å². The highest BCUT2D eigenvalue weighted by molar-refractivity contribution is 6.44. The highest BCUT2D eigenvalue weighted by Gasteiger charge is 2.16. The van der Waals surface area contributed by atoms with E-state index < -0.39 is 5.91 Å². The van der Waals surface area contributed by atoms with E-state index in [9.17, 15) is 4.79 Å². The first-order valence-corrected chi connectivity index (χ1v) is 8.61. The molecule has 2 aromatic carbocycles. The zero-order valence-corrected chi connectivity index (χ0v) is 15.9. The fourth-order valence-corrected chi connectivity index (χ4v) is 2.84. The summed E-state index contributed by atoms with van der Waals surface area (Å²) in [6.45, 7) is 0. The molecule has 0 aliphatic rings. The van der Waals surface area contributed by atoms with E-state index in [2.05, 4.69) is 10.3 Å². The summed E-state index contributed by atoms with van der Waals surface area (Å²) in [6.07, 6.45) is 1.22. The molecule has 0 saturated heterocycles. The average Bonchev–Trinajstić information content (AvgIpc) is 3.05. The fraction of sp³-hybridized carbons (Fsp3) is 0.